The van der Waals surface area contributed by atoms with Gasteiger partial charge in [-0.25, -0.2) is 9.78 Å². The molecule has 1 aliphatic heterocycles. The summed E-state index contributed by atoms with van der Waals surface area (Å²) in [6.07, 6.45) is 2.96. The van der Waals surface area contributed by atoms with Crippen LogP contribution in [0.3, 0.4) is 0 Å². The summed E-state index contributed by atoms with van der Waals surface area (Å²) in [4.78, 5) is 14.9. The van der Waals surface area contributed by atoms with E-state index < -0.39 is 24.4 Å². The van der Waals surface area contributed by atoms with Crippen molar-refractivity contribution in [2.24, 2.45) is 7.05 Å². The van der Waals surface area contributed by atoms with E-state index in [1.54, 1.807) is 6.20 Å². The van der Waals surface area contributed by atoms with Gasteiger partial charge in [0.1, 0.15) is 11.9 Å². The van der Waals surface area contributed by atoms with Crippen molar-refractivity contribution < 1.29 is 18.3 Å². The Kier molecular flexibility index (Phi) is 3.60. The van der Waals surface area contributed by atoms with Crippen LogP contribution in [-0.4, -0.2) is 40.6 Å². The zero-order valence-electron chi connectivity index (χ0n) is 10.0. The van der Waals surface area contributed by atoms with Crippen LogP contribution in [0, 0.1) is 0 Å². The normalized spacial score (nSPS) is 22.2. The van der Waals surface area contributed by atoms with E-state index >= 15 is 0 Å². The van der Waals surface area contributed by atoms with Gasteiger partial charge in [-0.05, 0) is 0 Å². The zero-order chi connectivity index (χ0) is 13.2. The highest BCUT2D eigenvalue weighted by molar-refractivity contribution is 5.79. The molecule has 1 unspecified atom stereocenters. The van der Waals surface area contributed by atoms with Gasteiger partial charge in [-0.3, -0.25) is 0 Å². The summed E-state index contributed by atoms with van der Waals surface area (Å²) >= 11 is 0. The van der Waals surface area contributed by atoms with Crippen LogP contribution >= 0.6 is 0 Å². The number of aromatic nitrogens is 2. The van der Waals surface area contributed by atoms with Crippen molar-refractivity contribution in [2.45, 2.75) is 24.9 Å². The molecule has 1 aromatic rings. The minimum atomic E-state index is -3.33. The van der Waals surface area contributed by atoms with Crippen molar-refractivity contribution in [3.63, 3.8) is 0 Å². The van der Waals surface area contributed by atoms with Crippen molar-refractivity contribution in [2.75, 3.05) is 13.1 Å². The van der Waals surface area contributed by atoms with E-state index in [2.05, 4.69) is 15.0 Å². The Hall–Kier alpha value is -1.50. The summed E-state index contributed by atoms with van der Waals surface area (Å²) in [5.41, 5.74) is 0. The molecule has 0 bridgehead atoms. The molecule has 0 amide bonds. The van der Waals surface area contributed by atoms with Crippen molar-refractivity contribution >= 4 is 5.97 Å². The Balaban J connectivity index is 1.68. The molecule has 0 radical (unpaired) electrons. The average molecular weight is 259 g/mol. The molecule has 2 heterocycles. The fourth-order valence-electron chi connectivity index (χ4n) is 1.86. The Bertz CT molecular complexity index is 434. The molecule has 100 valence electrons. The van der Waals surface area contributed by atoms with Gasteiger partial charge in [0.05, 0.1) is 6.42 Å². The Morgan fingerprint density at radius 1 is 1.67 bits per heavy atom. The molecule has 1 atom stereocenters. The molecule has 5 nitrogen and oxygen atoms in total. The minimum Gasteiger partial charge on any atom is -0.456 e. The number of aryl methyl sites for hydroxylation is 1. The van der Waals surface area contributed by atoms with Crippen LogP contribution in [0.5, 0.6) is 0 Å². The number of hydrogen-bond donors (Lipinski definition) is 1. The van der Waals surface area contributed by atoms with Crippen molar-refractivity contribution in [1.82, 2.24) is 14.9 Å². The maximum absolute atomic E-state index is 12.9. The lowest BCUT2D eigenvalue weighted by molar-refractivity contribution is -0.158. The second-order valence-corrected chi connectivity index (χ2v) is 4.34. The number of esters is 1. The number of alkyl halides is 2. The number of halogens is 2. The molecule has 1 aromatic heterocycles. The van der Waals surface area contributed by atoms with Crippen LogP contribution in [0.15, 0.2) is 12.4 Å². The summed E-state index contributed by atoms with van der Waals surface area (Å²) in [5.74, 6) is -3.83. The number of cyclic esters (lactones) is 1. The van der Waals surface area contributed by atoms with Crippen molar-refractivity contribution in [3.05, 3.63) is 18.2 Å². The molecular formula is C11H15F2N3O2. The molecular weight excluding hydrogens is 244 g/mol. The van der Waals surface area contributed by atoms with Crippen LogP contribution in [-0.2, 0) is 23.0 Å². The Morgan fingerprint density at radius 2 is 2.44 bits per heavy atom. The third-order valence-electron chi connectivity index (χ3n) is 2.87. The van der Waals surface area contributed by atoms with Crippen molar-refractivity contribution in [1.29, 1.82) is 0 Å². The van der Waals surface area contributed by atoms with E-state index in [4.69, 9.17) is 0 Å². The lowest BCUT2D eigenvalue weighted by Crippen LogP contribution is -2.29. The number of carbonyl (C=O) groups excluding carboxylic acids is 1. The summed E-state index contributed by atoms with van der Waals surface area (Å²) < 4.78 is 32.2. The van der Waals surface area contributed by atoms with E-state index in [1.807, 2.05) is 17.8 Å². The van der Waals surface area contributed by atoms with Crippen molar-refractivity contribution in [3.8, 4) is 0 Å². The van der Waals surface area contributed by atoms with Crippen LogP contribution < -0.4 is 5.32 Å². The number of hydrogen-bond acceptors (Lipinski definition) is 4. The number of ether oxygens (including phenoxy) is 1. The smallest absolute Gasteiger partial charge is 0.377 e. The second kappa shape index (κ2) is 5.01. The van der Waals surface area contributed by atoms with E-state index in [0.29, 0.717) is 13.0 Å². The van der Waals surface area contributed by atoms with E-state index in [-0.39, 0.29) is 6.54 Å². The summed E-state index contributed by atoms with van der Waals surface area (Å²) in [5, 5.41) is 2.99. The highest BCUT2D eigenvalue weighted by Gasteiger charge is 2.50. The van der Waals surface area contributed by atoms with Gasteiger partial charge in [0.15, 0.2) is 0 Å². The molecule has 1 saturated heterocycles. The van der Waals surface area contributed by atoms with Crippen LogP contribution in [0.4, 0.5) is 8.78 Å². The first-order valence-electron chi connectivity index (χ1n) is 5.75. The van der Waals surface area contributed by atoms with Crippen LogP contribution in [0.2, 0.25) is 0 Å². The van der Waals surface area contributed by atoms with Crippen LogP contribution in [0.25, 0.3) is 0 Å². The standard InChI is InChI=1S/C11H15F2N3O2/c1-16-5-4-15-9(16)2-3-14-7-8-6-11(12,13)10(17)18-8/h4-5,8,14H,2-3,6-7H2,1H3. The highest BCUT2D eigenvalue weighted by Crippen LogP contribution is 2.30. The Labute approximate surface area is 103 Å². The number of rotatable bonds is 5. The fourth-order valence-corrected chi connectivity index (χ4v) is 1.86. The van der Waals surface area contributed by atoms with Gasteiger partial charge in [0.2, 0.25) is 0 Å². The fraction of sp³-hybridized carbons (Fsp3) is 0.636. The number of nitrogens with one attached hydrogen (secondary N) is 1. The number of carbonyl (C=O) groups is 1. The highest BCUT2D eigenvalue weighted by atomic mass is 19.3. The average Bonchev–Trinajstić information content (AvgIpc) is 2.79. The van der Waals surface area contributed by atoms with Gasteiger partial charge < -0.3 is 14.6 Å². The maximum Gasteiger partial charge on any atom is 0.377 e. The third kappa shape index (κ3) is 2.84. The molecule has 1 aliphatic rings. The van der Waals surface area contributed by atoms with E-state index in [1.165, 1.54) is 0 Å². The lowest BCUT2D eigenvalue weighted by atomic mass is 10.2. The van der Waals surface area contributed by atoms with Gasteiger partial charge in [-0.1, -0.05) is 0 Å². The minimum absolute atomic E-state index is 0.242. The molecule has 2 rings (SSSR count). The van der Waals surface area contributed by atoms with Gasteiger partial charge in [0.25, 0.3) is 0 Å². The molecule has 18 heavy (non-hydrogen) atoms. The van der Waals surface area contributed by atoms with E-state index in [9.17, 15) is 13.6 Å². The molecule has 0 spiro atoms. The predicted molar refractivity (Wildman–Crippen MR) is 59.2 cm³/mol. The molecule has 0 aliphatic carbocycles. The SMILES string of the molecule is Cn1ccnc1CCNCC1CC(F)(F)C(=O)O1. The zero-order valence-corrected chi connectivity index (χ0v) is 10.0. The van der Waals surface area contributed by atoms with E-state index in [0.717, 1.165) is 5.82 Å². The summed E-state index contributed by atoms with van der Waals surface area (Å²) in [7, 11) is 1.89. The first kappa shape index (κ1) is 12.9. The van der Waals surface area contributed by atoms with Crippen LogP contribution in [0.1, 0.15) is 12.2 Å². The van der Waals surface area contributed by atoms with Gasteiger partial charge in [0, 0.05) is 39.0 Å². The molecule has 1 N–H and O–H groups in total. The molecule has 7 heteroatoms. The lowest BCUT2D eigenvalue weighted by Gasteiger charge is -2.09. The molecule has 0 aromatic carbocycles. The topological polar surface area (TPSA) is 56.2 Å². The predicted octanol–water partition coefficient (Wildman–Crippen LogP) is 0.503. The number of imidazole rings is 1. The largest absolute Gasteiger partial charge is 0.456 e. The molecule has 1 fully saturated rings. The first-order valence-corrected chi connectivity index (χ1v) is 5.75. The summed E-state index contributed by atoms with van der Waals surface area (Å²) in [6.45, 7) is 0.843. The monoisotopic (exact) mass is 259 g/mol. The van der Waals surface area contributed by atoms with Gasteiger partial charge in [-0.2, -0.15) is 8.78 Å². The van der Waals surface area contributed by atoms with Gasteiger partial charge in [-0.15, -0.1) is 0 Å². The number of nitrogens with zero attached hydrogens (tertiary/aromatic N) is 2. The summed E-state index contributed by atoms with van der Waals surface area (Å²) in [6, 6.07) is 0. The second-order valence-electron chi connectivity index (χ2n) is 4.34. The third-order valence-corrected chi connectivity index (χ3v) is 2.87. The maximum atomic E-state index is 12.9. The first-order chi connectivity index (χ1) is 8.49. The quantitative estimate of drug-likeness (QED) is 0.618. The van der Waals surface area contributed by atoms with Gasteiger partial charge >= 0.3 is 11.9 Å². The Morgan fingerprint density at radius 3 is 3.00 bits per heavy atom. The molecule has 0 saturated carbocycles.